The van der Waals surface area contributed by atoms with E-state index in [4.69, 9.17) is 0 Å². The van der Waals surface area contributed by atoms with Gasteiger partial charge in [0.15, 0.2) is 0 Å². The van der Waals surface area contributed by atoms with Gasteiger partial charge in [-0.3, -0.25) is 9.59 Å². The van der Waals surface area contributed by atoms with Gasteiger partial charge in [0.25, 0.3) is 0 Å². The molecule has 0 aromatic heterocycles. The third-order valence-electron chi connectivity index (χ3n) is 4.24. The van der Waals surface area contributed by atoms with Crippen LogP contribution in [0.2, 0.25) is 0 Å². The SMILES string of the molecule is CC(C)NS(=O)(=O)c1ccc(NC(=O)[C@H]2CCCC[C@@H]2C(=O)O)cc1. The van der Waals surface area contributed by atoms with Crippen LogP contribution in [-0.4, -0.2) is 31.4 Å². The minimum atomic E-state index is -3.59. The number of sulfonamides is 1. The first-order valence-electron chi connectivity index (χ1n) is 8.37. The molecule has 1 saturated carbocycles. The van der Waals surface area contributed by atoms with Crippen molar-refractivity contribution < 1.29 is 23.1 Å². The van der Waals surface area contributed by atoms with E-state index in [1.165, 1.54) is 24.3 Å². The van der Waals surface area contributed by atoms with Crippen LogP contribution in [-0.2, 0) is 19.6 Å². The molecule has 0 spiro atoms. The maximum absolute atomic E-state index is 12.4. The standard InChI is InChI=1S/C17H24N2O5S/c1-11(2)19-25(23,24)13-9-7-12(8-10-13)18-16(20)14-5-3-4-6-15(14)17(21)22/h7-11,14-15,19H,3-6H2,1-2H3,(H,18,20)(H,21,22)/t14-,15-/m0/s1. The Morgan fingerprint density at radius 1 is 1.08 bits per heavy atom. The van der Waals surface area contributed by atoms with Crippen molar-refractivity contribution in [3.05, 3.63) is 24.3 Å². The Labute approximate surface area is 147 Å². The van der Waals surface area contributed by atoms with Crippen molar-refractivity contribution in [2.45, 2.75) is 50.5 Å². The van der Waals surface area contributed by atoms with E-state index in [2.05, 4.69) is 10.0 Å². The molecule has 1 amide bonds. The molecule has 25 heavy (non-hydrogen) atoms. The zero-order chi connectivity index (χ0) is 18.6. The third-order valence-corrected chi connectivity index (χ3v) is 5.92. The van der Waals surface area contributed by atoms with Crippen molar-refractivity contribution >= 4 is 27.6 Å². The van der Waals surface area contributed by atoms with E-state index in [-0.39, 0.29) is 16.8 Å². The first-order valence-corrected chi connectivity index (χ1v) is 9.85. The van der Waals surface area contributed by atoms with Crippen LogP contribution in [0.3, 0.4) is 0 Å². The lowest BCUT2D eigenvalue weighted by Crippen LogP contribution is -2.36. The van der Waals surface area contributed by atoms with E-state index in [0.717, 1.165) is 12.8 Å². The maximum atomic E-state index is 12.4. The molecule has 138 valence electrons. The quantitative estimate of drug-likeness (QED) is 0.712. The molecular formula is C17H24N2O5S. The predicted molar refractivity (Wildman–Crippen MR) is 93.6 cm³/mol. The van der Waals surface area contributed by atoms with E-state index >= 15 is 0 Å². The van der Waals surface area contributed by atoms with Crippen molar-refractivity contribution in [2.75, 3.05) is 5.32 Å². The first-order chi connectivity index (χ1) is 11.7. The first kappa shape index (κ1) is 19.4. The van der Waals surface area contributed by atoms with Gasteiger partial charge in [-0.25, -0.2) is 13.1 Å². The Balaban J connectivity index is 2.08. The molecule has 1 aliphatic carbocycles. The summed E-state index contributed by atoms with van der Waals surface area (Å²) in [5.74, 6) is -2.50. The van der Waals surface area contributed by atoms with Gasteiger partial charge in [-0.2, -0.15) is 0 Å². The second-order valence-corrected chi connectivity index (χ2v) is 8.34. The van der Waals surface area contributed by atoms with Crippen LogP contribution >= 0.6 is 0 Å². The molecule has 2 atom stereocenters. The van der Waals surface area contributed by atoms with Gasteiger partial charge in [-0.15, -0.1) is 0 Å². The van der Waals surface area contributed by atoms with E-state index in [1.807, 2.05) is 0 Å². The molecule has 1 aromatic rings. The third kappa shape index (κ3) is 5.02. The molecule has 1 aromatic carbocycles. The number of carboxylic acid groups (broad SMARTS) is 1. The van der Waals surface area contributed by atoms with Crippen LogP contribution in [0.5, 0.6) is 0 Å². The Bertz CT molecular complexity index is 728. The number of anilines is 1. The Morgan fingerprint density at radius 2 is 1.64 bits per heavy atom. The highest BCUT2D eigenvalue weighted by Crippen LogP contribution is 2.31. The monoisotopic (exact) mass is 368 g/mol. The van der Waals surface area contributed by atoms with E-state index in [0.29, 0.717) is 18.5 Å². The summed E-state index contributed by atoms with van der Waals surface area (Å²) in [6, 6.07) is 5.62. The van der Waals surface area contributed by atoms with E-state index in [1.54, 1.807) is 13.8 Å². The molecule has 0 radical (unpaired) electrons. The lowest BCUT2D eigenvalue weighted by atomic mass is 9.78. The van der Waals surface area contributed by atoms with Crippen LogP contribution < -0.4 is 10.0 Å². The number of hydrogen-bond acceptors (Lipinski definition) is 4. The highest BCUT2D eigenvalue weighted by atomic mass is 32.2. The summed E-state index contributed by atoms with van der Waals surface area (Å²) in [5, 5.41) is 12.0. The summed E-state index contributed by atoms with van der Waals surface area (Å²) in [7, 11) is -3.59. The highest BCUT2D eigenvalue weighted by Gasteiger charge is 2.35. The fraction of sp³-hybridized carbons (Fsp3) is 0.529. The number of amides is 1. The minimum absolute atomic E-state index is 0.111. The van der Waals surface area contributed by atoms with Gasteiger partial charge in [0, 0.05) is 11.7 Å². The number of rotatable bonds is 6. The predicted octanol–water partition coefficient (Wildman–Crippen LogP) is 2.20. The molecule has 0 saturated heterocycles. The van der Waals surface area contributed by atoms with Crippen molar-refractivity contribution in [1.29, 1.82) is 0 Å². The number of carboxylic acids is 1. The normalized spacial score (nSPS) is 21.1. The summed E-state index contributed by atoms with van der Waals surface area (Å²) in [5.41, 5.74) is 0.447. The average Bonchev–Trinajstić information content (AvgIpc) is 2.54. The van der Waals surface area contributed by atoms with Crippen LogP contribution in [0.1, 0.15) is 39.5 Å². The molecule has 8 heteroatoms. The summed E-state index contributed by atoms with van der Waals surface area (Å²) in [6.07, 6.45) is 2.70. The van der Waals surface area contributed by atoms with Gasteiger partial charge in [-0.05, 0) is 51.0 Å². The lowest BCUT2D eigenvalue weighted by Gasteiger charge is -2.27. The maximum Gasteiger partial charge on any atom is 0.307 e. The fourth-order valence-electron chi connectivity index (χ4n) is 3.07. The second kappa shape index (κ2) is 7.97. The Kier molecular flexibility index (Phi) is 6.18. The molecule has 0 unspecified atom stereocenters. The molecule has 0 aliphatic heterocycles. The van der Waals surface area contributed by atoms with Crippen molar-refractivity contribution in [2.24, 2.45) is 11.8 Å². The van der Waals surface area contributed by atoms with Crippen LogP contribution in [0.15, 0.2) is 29.2 Å². The van der Waals surface area contributed by atoms with Crippen molar-refractivity contribution in [3.8, 4) is 0 Å². The number of hydrogen-bond donors (Lipinski definition) is 3. The number of aliphatic carboxylic acids is 1. The summed E-state index contributed by atoms with van der Waals surface area (Å²) in [6.45, 7) is 3.46. The minimum Gasteiger partial charge on any atom is -0.481 e. The van der Waals surface area contributed by atoms with Gasteiger partial charge in [0.2, 0.25) is 15.9 Å². The molecule has 1 fully saturated rings. The summed E-state index contributed by atoms with van der Waals surface area (Å²) < 4.78 is 26.6. The molecule has 2 rings (SSSR count). The topological polar surface area (TPSA) is 113 Å². The highest BCUT2D eigenvalue weighted by molar-refractivity contribution is 7.89. The number of carbonyl (C=O) groups excluding carboxylic acids is 1. The van der Waals surface area contributed by atoms with Crippen LogP contribution in [0, 0.1) is 11.8 Å². The van der Waals surface area contributed by atoms with Gasteiger partial charge in [0.05, 0.1) is 16.7 Å². The molecule has 7 nitrogen and oxygen atoms in total. The number of benzene rings is 1. The van der Waals surface area contributed by atoms with Crippen molar-refractivity contribution in [1.82, 2.24) is 4.72 Å². The van der Waals surface area contributed by atoms with E-state index in [9.17, 15) is 23.1 Å². The molecule has 0 bridgehead atoms. The van der Waals surface area contributed by atoms with Crippen LogP contribution in [0.25, 0.3) is 0 Å². The number of carbonyl (C=O) groups is 2. The molecule has 1 aliphatic rings. The molecular weight excluding hydrogens is 344 g/mol. The Hall–Kier alpha value is -1.93. The molecule has 0 heterocycles. The second-order valence-electron chi connectivity index (χ2n) is 6.63. The van der Waals surface area contributed by atoms with Gasteiger partial charge >= 0.3 is 5.97 Å². The Morgan fingerprint density at radius 3 is 2.16 bits per heavy atom. The number of nitrogens with one attached hydrogen (secondary N) is 2. The zero-order valence-electron chi connectivity index (χ0n) is 14.4. The molecule has 3 N–H and O–H groups in total. The average molecular weight is 368 g/mol. The van der Waals surface area contributed by atoms with E-state index < -0.39 is 27.8 Å². The smallest absolute Gasteiger partial charge is 0.307 e. The van der Waals surface area contributed by atoms with Gasteiger partial charge < -0.3 is 10.4 Å². The van der Waals surface area contributed by atoms with Crippen LogP contribution in [0.4, 0.5) is 5.69 Å². The van der Waals surface area contributed by atoms with Gasteiger partial charge in [-0.1, -0.05) is 12.8 Å². The summed E-state index contributed by atoms with van der Waals surface area (Å²) in [4.78, 5) is 23.8. The van der Waals surface area contributed by atoms with Crippen molar-refractivity contribution in [3.63, 3.8) is 0 Å². The summed E-state index contributed by atoms with van der Waals surface area (Å²) >= 11 is 0. The fourth-order valence-corrected chi connectivity index (χ4v) is 4.32. The largest absolute Gasteiger partial charge is 0.481 e. The lowest BCUT2D eigenvalue weighted by molar-refractivity contribution is -0.147. The van der Waals surface area contributed by atoms with Gasteiger partial charge in [0.1, 0.15) is 0 Å². The zero-order valence-corrected chi connectivity index (χ0v) is 15.2.